The van der Waals surface area contributed by atoms with Crippen LogP contribution in [0.3, 0.4) is 0 Å². The molecular weight excluding hydrogens is 244 g/mol. The highest BCUT2D eigenvalue weighted by molar-refractivity contribution is 5.92. The van der Waals surface area contributed by atoms with Crippen LogP contribution in [0.25, 0.3) is 11.0 Å². The second-order valence-corrected chi connectivity index (χ2v) is 4.07. The van der Waals surface area contributed by atoms with Gasteiger partial charge in [-0.25, -0.2) is 0 Å². The number of para-hydroxylation sites is 1. The Morgan fingerprint density at radius 1 is 1.05 bits per heavy atom. The lowest BCUT2D eigenvalue weighted by Crippen LogP contribution is -1.91. The molecule has 0 saturated carbocycles. The molecule has 0 fully saturated rings. The van der Waals surface area contributed by atoms with E-state index < -0.39 is 4.92 Å². The molecule has 0 spiro atoms. The number of rotatable bonds is 3. The Hall–Kier alpha value is -2.82. The molecule has 0 atom stereocenters. The Bertz CT molecular complexity index is 732. The highest BCUT2D eigenvalue weighted by atomic mass is 16.6. The van der Waals surface area contributed by atoms with E-state index in [-0.39, 0.29) is 5.69 Å². The molecule has 0 saturated heterocycles. The van der Waals surface area contributed by atoms with Crippen LogP contribution in [0, 0.1) is 10.1 Å². The summed E-state index contributed by atoms with van der Waals surface area (Å²) in [4.78, 5) is 10.2. The standard InChI is InChI=1S/C14H10N2O3/c17-16(18)11-7-5-10(6-8-11)15-13-9-19-14-4-2-1-3-12(13)14/h1-9,15H. The van der Waals surface area contributed by atoms with Crippen LogP contribution in [0.2, 0.25) is 0 Å². The van der Waals surface area contributed by atoms with E-state index in [0.29, 0.717) is 0 Å². The molecule has 0 unspecified atom stereocenters. The quantitative estimate of drug-likeness (QED) is 0.564. The summed E-state index contributed by atoms with van der Waals surface area (Å²) >= 11 is 0. The van der Waals surface area contributed by atoms with Crippen LogP contribution in [0.15, 0.2) is 59.2 Å². The van der Waals surface area contributed by atoms with E-state index in [9.17, 15) is 10.1 Å². The zero-order valence-electron chi connectivity index (χ0n) is 9.87. The lowest BCUT2D eigenvalue weighted by molar-refractivity contribution is -0.384. The molecule has 5 nitrogen and oxygen atoms in total. The molecule has 5 heteroatoms. The molecule has 0 radical (unpaired) electrons. The molecule has 3 rings (SSSR count). The van der Waals surface area contributed by atoms with Crippen molar-refractivity contribution in [1.29, 1.82) is 0 Å². The number of nitrogens with one attached hydrogen (secondary N) is 1. The first-order chi connectivity index (χ1) is 9.24. The Balaban J connectivity index is 1.90. The number of nitrogens with zero attached hydrogens (tertiary/aromatic N) is 1. The van der Waals surface area contributed by atoms with Gasteiger partial charge in [0.2, 0.25) is 0 Å². The van der Waals surface area contributed by atoms with Crippen molar-refractivity contribution >= 4 is 28.0 Å². The minimum Gasteiger partial charge on any atom is -0.462 e. The summed E-state index contributed by atoms with van der Waals surface area (Å²) in [5.41, 5.74) is 2.48. The maximum absolute atomic E-state index is 10.6. The smallest absolute Gasteiger partial charge is 0.269 e. The zero-order chi connectivity index (χ0) is 13.2. The van der Waals surface area contributed by atoms with E-state index in [2.05, 4.69) is 5.32 Å². The topological polar surface area (TPSA) is 68.3 Å². The summed E-state index contributed by atoms with van der Waals surface area (Å²) < 4.78 is 5.41. The largest absolute Gasteiger partial charge is 0.462 e. The second kappa shape index (κ2) is 4.45. The van der Waals surface area contributed by atoms with E-state index in [0.717, 1.165) is 22.3 Å². The number of non-ortho nitro benzene ring substituents is 1. The van der Waals surface area contributed by atoms with E-state index in [1.165, 1.54) is 12.1 Å². The average molecular weight is 254 g/mol. The lowest BCUT2D eigenvalue weighted by atomic mass is 10.2. The van der Waals surface area contributed by atoms with Gasteiger partial charge in [0.05, 0.1) is 10.6 Å². The molecule has 1 N–H and O–H groups in total. The van der Waals surface area contributed by atoms with Gasteiger partial charge in [-0.3, -0.25) is 10.1 Å². The molecule has 0 aliphatic carbocycles. The van der Waals surface area contributed by atoms with E-state index in [4.69, 9.17) is 4.42 Å². The second-order valence-electron chi connectivity index (χ2n) is 4.07. The average Bonchev–Trinajstić information content (AvgIpc) is 2.83. The van der Waals surface area contributed by atoms with Gasteiger partial charge < -0.3 is 9.73 Å². The van der Waals surface area contributed by atoms with Crippen LogP contribution in [-0.4, -0.2) is 4.92 Å². The van der Waals surface area contributed by atoms with Gasteiger partial charge in [-0.15, -0.1) is 0 Å². The summed E-state index contributed by atoms with van der Waals surface area (Å²) in [6, 6.07) is 13.9. The fourth-order valence-electron chi connectivity index (χ4n) is 1.90. The SMILES string of the molecule is O=[N+]([O-])c1ccc(Nc2coc3ccccc23)cc1. The van der Waals surface area contributed by atoms with Crippen LogP contribution in [0.1, 0.15) is 0 Å². The maximum Gasteiger partial charge on any atom is 0.269 e. The predicted molar refractivity (Wildman–Crippen MR) is 72.6 cm³/mol. The van der Waals surface area contributed by atoms with Crippen LogP contribution >= 0.6 is 0 Å². The van der Waals surface area contributed by atoms with Gasteiger partial charge in [0.25, 0.3) is 5.69 Å². The molecule has 0 bridgehead atoms. The van der Waals surface area contributed by atoms with Crippen molar-refractivity contribution < 1.29 is 9.34 Å². The van der Waals surface area contributed by atoms with E-state index in [1.807, 2.05) is 24.3 Å². The monoisotopic (exact) mass is 254 g/mol. The van der Waals surface area contributed by atoms with Crippen molar-refractivity contribution in [3.8, 4) is 0 Å². The maximum atomic E-state index is 10.6. The number of fused-ring (bicyclic) bond motifs is 1. The van der Waals surface area contributed by atoms with Gasteiger partial charge >= 0.3 is 0 Å². The van der Waals surface area contributed by atoms with Crippen LogP contribution in [0.4, 0.5) is 17.1 Å². The van der Waals surface area contributed by atoms with Crippen molar-refractivity contribution in [3.63, 3.8) is 0 Å². The number of nitro benzene ring substituents is 1. The molecule has 94 valence electrons. The van der Waals surface area contributed by atoms with Gasteiger partial charge in [0, 0.05) is 23.2 Å². The van der Waals surface area contributed by atoms with Gasteiger partial charge in [-0.1, -0.05) is 12.1 Å². The number of hydrogen-bond donors (Lipinski definition) is 1. The summed E-state index contributed by atoms with van der Waals surface area (Å²) in [6.45, 7) is 0. The fourth-order valence-corrected chi connectivity index (χ4v) is 1.90. The van der Waals surface area contributed by atoms with Crippen LogP contribution in [0.5, 0.6) is 0 Å². The van der Waals surface area contributed by atoms with Gasteiger partial charge in [0.1, 0.15) is 11.8 Å². The highest BCUT2D eigenvalue weighted by Crippen LogP contribution is 2.28. The Morgan fingerprint density at radius 2 is 1.79 bits per heavy atom. The summed E-state index contributed by atoms with van der Waals surface area (Å²) in [6.07, 6.45) is 1.63. The first kappa shape index (κ1) is 11.3. The number of furan rings is 1. The Kier molecular flexibility index (Phi) is 2.64. The minimum atomic E-state index is -0.420. The molecule has 0 aliphatic rings. The van der Waals surface area contributed by atoms with Crippen LogP contribution in [-0.2, 0) is 0 Å². The molecule has 3 aromatic rings. The normalized spacial score (nSPS) is 10.5. The van der Waals surface area contributed by atoms with Gasteiger partial charge in [-0.05, 0) is 24.3 Å². The van der Waals surface area contributed by atoms with Crippen molar-refractivity contribution in [2.24, 2.45) is 0 Å². The summed E-state index contributed by atoms with van der Waals surface area (Å²) in [7, 11) is 0. The third-order valence-corrected chi connectivity index (χ3v) is 2.84. The molecule has 2 aromatic carbocycles. The molecule has 1 aromatic heterocycles. The Labute approximate surface area is 108 Å². The predicted octanol–water partition coefficient (Wildman–Crippen LogP) is 4.08. The molecule has 0 aliphatic heterocycles. The third-order valence-electron chi connectivity index (χ3n) is 2.84. The first-order valence-corrected chi connectivity index (χ1v) is 5.72. The highest BCUT2D eigenvalue weighted by Gasteiger charge is 2.07. The minimum absolute atomic E-state index is 0.0719. The zero-order valence-corrected chi connectivity index (χ0v) is 9.87. The van der Waals surface area contributed by atoms with Crippen molar-refractivity contribution in [2.45, 2.75) is 0 Å². The Morgan fingerprint density at radius 3 is 2.53 bits per heavy atom. The van der Waals surface area contributed by atoms with Crippen molar-refractivity contribution in [1.82, 2.24) is 0 Å². The summed E-state index contributed by atoms with van der Waals surface area (Å²) in [5.74, 6) is 0. The number of benzene rings is 2. The van der Waals surface area contributed by atoms with Gasteiger partial charge in [0.15, 0.2) is 0 Å². The molecule has 19 heavy (non-hydrogen) atoms. The molecule has 0 amide bonds. The van der Waals surface area contributed by atoms with Crippen LogP contribution < -0.4 is 5.32 Å². The number of nitro groups is 1. The molecular formula is C14H10N2O3. The summed E-state index contributed by atoms with van der Waals surface area (Å²) in [5, 5.41) is 14.7. The lowest BCUT2D eigenvalue weighted by Gasteiger charge is -2.03. The number of anilines is 2. The van der Waals surface area contributed by atoms with Crippen molar-refractivity contribution in [3.05, 3.63) is 64.9 Å². The first-order valence-electron chi connectivity index (χ1n) is 5.72. The van der Waals surface area contributed by atoms with E-state index >= 15 is 0 Å². The van der Waals surface area contributed by atoms with Gasteiger partial charge in [-0.2, -0.15) is 0 Å². The van der Waals surface area contributed by atoms with Crippen molar-refractivity contribution in [2.75, 3.05) is 5.32 Å². The molecule has 1 heterocycles. The van der Waals surface area contributed by atoms with E-state index in [1.54, 1.807) is 18.4 Å². The fraction of sp³-hybridized carbons (Fsp3) is 0. The third kappa shape index (κ3) is 2.13. The number of hydrogen-bond acceptors (Lipinski definition) is 4.